The van der Waals surface area contributed by atoms with Crippen LogP contribution in [0.1, 0.15) is 6.42 Å². The Morgan fingerprint density at radius 2 is 2.11 bits per heavy atom. The van der Waals surface area contributed by atoms with Crippen LogP contribution in [0.4, 0.5) is 0 Å². The maximum atomic E-state index is 9.78. The fraction of sp³-hybridized carbons (Fsp3) is 0.750. The normalized spacial score (nSPS) is 11.8. The van der Waals surface area contributed by atoms with E-state index in [1.165, 1.54) is 0 Å². The van der Waals surface area contributed by atoms with E-state index in [-0.39, 0.29) is 25.4 Å². The largest absolute Gasteiger partial charge is 0.479 e. The maximum Gasteiger partial charge on any atom is 0.332 e. The molecule has 0 fully saturated rings. The molecule has 0 bridgehead atoms. The van der Waals surface area contributed by atoms with Gasteiger partial charge in [0.05, 0.1) is 0 Å². The van der Waals surface area contributed by atoms with Crippen molar-refractivity contribution in [1.82, 2.24) is 0 Å². The van der Waals surface area contributed by atoms with Gasteiger partial charge >= 0.3 is 5.97 Å². The summed E-state index contributed by atoms with van der Waals surface area (Å²) in [6.45, 7) is 0.202. The number of carboxylic acid groups (broad SMARTS) is 1. The average Bonchev–Trinajstić information content (AvgIpc) is 1.67. The molecule has 0 aliphatic rings. The Labute approximate surface area is 59.1 Å². The maximum absolute atomic E-state index is 9.78. The summed E-state index contributed by atoms with van der Waals surface area (Å²) in [7, 11) is 0. The number of hydrogen-bond acceptors (Lipinski definition) is 3. The predicted molar refractivity (Wildman–Crippen MR) is 34.6 cm³/mol. The highest BCUT2D eigenvalue weighted by Crippen LogP contribution is 1.86. The lowest BCUT2D eigenvalue weighted by atomic mass is 10.3. The van der Waals surface area contributed by atoms with Gasteiger partial charge in [0.15, 0.2) is 6.10 Å². The number of nitrogens with two attached hydrogens (primary N) is 1. The van der Waals surface area contributed by atoms with Crippen LogP contribution in [0.3, 0.4) is 0 Å². The molecule has 0 aromatic rings. The zero-order valence-corrected chi connectivity index (χ0v) is 5.60. The van der Waals surface area contributed by atoms with E-state index in [2.05, 4.69) is 0 Å². The standard InChI is InChI=1S/C4H9NO3.ClH/c5-2-1-3(6)4(7)8;/h3,6H,1-2,5H2,(H,7,8);1H. The highest BCUT2D eigenvalue weighted by Gasteiger charge is 2.09. The molecule has 0 aromatic heterocycles. The predicted octanol–water partition coefficient (Wildman–Crippen LogP) is -0.798. The molecule has 4 N–H and O–H groups in total. The summed E-state index contributed by atoms with van der Waals surface area (Å²) in [4.78, 5) is 9.78. The van der Waals surface area contributed by atoms with E-state index in [1.807, 2.05) is 0 Å². The van der Waals surface area contributed by atoms with Gasteiger partial charge in [-0.05, 0) is 13.0 Å². The SMILES string of the molecule is Cl.NCCC(O)C(=O)O. The fourth-order valence-electron chi connectivity index (χ4n) is 0.281. The summed E-state index contributed by atoms with van der Waals surface area (Å²) >= 11 is 0. The smallest absolute Gasteiger partial charge is 0.332 e. The minimum Gasteiger partial charge on any atom is -0.479 e. The minimum absolute atomic E-state index is 0. The van der Waals surface area contributed by atoms with E-state index in [9.17, 15) is 4.79 Å². The quantitative estimate of drug-likeness (QED) is 0.499. The van der Waals surface area contributed by atoms with Crippen LogP contribution in [0, 0.1) is 0 Å². The van der Waals surface area contributed by atoms with Crippen molar-refractivity contribution in [2.45, 2.75) is 12.5 Å². The number of aliphatic hydroxyl groups excluding tert-OH is 1. The van der Waals surface area contributed by atoms with Crippen LogP contribution >= 0.6 is 12.4 Å². The Balaban J connectivity index is 0. The van der Waals surface area contributed by atoms with E-state index in [0.29, 0.717) is 0 Å². The van der Waals surface area contributed by atoms with Crippen molar-refractivity contribution in [2.24, 2.45) is 5.73 Å². The Morgan fingerprint density at radius 1 is 1.67 bits per heavy atom. The first kappa shape index (κ1) is 11.5. The van der Waals surface area contributed by atoms with Crippen molar-refractivity contribution < 1.29 is 15.0 Å². The molecule has 5 heteroatoms. The summed E-state index contributed by atoms with van der Waals surface area (Å²) in [5.41, 5.74) is 4.94. The molecule has 0 rings (SSSR count). The molecular formula is C4H10ClNO3. The molecular weight excluding hydrogens is 146 g/mol. The van der Waals surface area contributed by atoms with Crippen molar-refractivity contribution in [3.8, 4) is 0 Å². The number of carbonyl (C=O) groups is 1. The van der Waals surface area contributed by atoms with E-state index >= 15 is 0 Å². The van der Waals surface area contributed by atoms with Gasteiger partial charge in [-0.1, -0.05) is 0 Å². The van der Waals surface area contributed by atoms with E-state index in [1.54, 1.807) is 0 Å². The lowest BCUT2D eigenvalue weighted by Crippen LogP contribution is -2.22. The molecule has 0 amide bonds. The molecule has 56 valence electrons. The molecule has 1 atom stereocenters. The Hall–Kier alpha value is -0.320. The summed E-state index contributed by atoms with van der Waals surface area (Å²) in [5, 5.41) is 16.5. The molecule has 4 nitrogen and oxygen atoms in total. The summed E-state index contributed by atoms with van der Waals surface area (Å²) in [6.07, 6.45) is -1.17. The van der Waals surface area contributed by atoms with E-state index in [0.717, 1.165) is 0 Å². The molecule has 0 spiro atoms. The van der Waals surface area contributed by atoms with Crippen molar-refractivity contribution in [3.05, 3.63) is 0 Å². The molecule has 1 unspecified atom stereocenters. The van der Waals surface area contributed by atoms with Crippen molar-refractivity contribution in [3.63, 3.8) is 0 Å². The molecule has 0 radical (unpaired) electrons. The van der Waals surface area contributed by atoms with Gasteiger partial charge in [0.2, 0.25) is 0 Å². The molecule has 0 saturated heterocycles. The monoisotopic (exact) mass is 155 g/mol. The molecule has 0 aromatic carbocycles. The molecule has 0 aliphatic carbocycles. The van der Waals surface area contributed by atoms with Crippen LogP contribution in [0.25, 0.3) is 0 Å². The second kappa shape index (κ2) is 5.81. The Kier molecular flexibility index (Phi) is 7.41. The van der Waals surface area contributed by atoms with Gasteiger partial charge in [0.25, 0.3) is 0 Å². The van der Waals surface area contributed by atoms with E-state index < -0.39 is 12.1 Å². The van der Waals surface area contributed by atoms with Crippen LogP contribution in [0.15, 0.2) is 0 Å². The first-order valence-corrected chi connectivity index (χ1v) is 2.29. The van der Waals surface area contributed by atoms with Gasteiger partial charge in [-0.3, -0.25) is 0 Å². The second-order valence-electron chi connectivity index (χ2n) is 1.43. The van der Waals surface area contributed by atoms with Crippen LogP contribution in [0.2, 0.25) is 0 Å². The summed E-state index contributed by atoms with van der Waals surface area (Å²) in [5.74, 6) is -1.21. The van der Waals surface area contributed by atoms with Gasteiger partial charge < -0.3 is 15.9 Å². The highest BCUT2D eigenvalue weighted by molar-refractivity contribution is 5.85. The Morgan fingerprint density at radius 3 is 2.22 bits per heavy atom. The number of aliphatic hydroxyl groups is 1. The third-order valence-electron chi connectivity index (χ3n) is 0.725. The van der Waals surface area contributed by atoms with Crippen molar-refractivity contribution >= 4 is 18.4 Å². The van der Waals surface area contributed by atoms with Crippen LogP contribution in [0.5, 0.6) is 0 Å². The molecule has 0 heterocycles. The number of hydrogen-bond donors (Lipinski definition) is 3. The average molecular weight is 156 g/mol. The van der Waals surface area contributed by atoms with Crippen LogP contribution in [-0.2, 0) is 4.79 Å². The summed E-state index contributed by atoms with van der Waals surface area (Å²) < 4.78 is 0. The zero-order chi connectivity index (χ0) is 6.57. The number of rotatable bonds is 3. The van der Waals surface area contributed by atoms with Crippen LogP contribution < -0.4 is 5.73 Å². The first-order valence-electron chi connectivity index (χ1n) is 2.29. The lowest BCUT2D eigenvalue weighted by Gasteiger charge is -1.99. The highest BCUT2D eigenvalue weighted by atomic mass is 35.5. The van der Waals surface area contributed by atoms with Crippen molar-refractivity contribution in [2.75, 3.05) is 6.54 Å². The molecule has 9 heavy (non-hydrogen) atoms. The first-order chi connectivity index (χ1) is 3.68. The molecule has 0 aliphatic heterocycles. The minimum atomic E-state index is -1.29. The zero-order valence-electron chi connectivity index (χ0n) is 4.78. The number of aliphatic carboxylic acids is 1. The van der Waals surface area contributed by atoms with Gasteiger partial charge in [0, 0.05) is 0 Å². The van der Waals surface area contributed by atoms with E-state index in [4.69, 9.17) is 15.9 Å². The van der Waals surface area contributed by atoms with Gasteiger partial charge in [0.1, 0.15) is 0 Å². The number of halogens is 1. The van der Waals surface area contributed by atoms with Crippen LogP contribution in [-0.4, -0.2) is 28.8 Å². The van der Waals surface area contributed by atoms with Gasteiger partial charge in [-0.25, -0.2) is 4.79 Å². The topological polar surface area (TPSA) is 83.5 Å². The van der Waals surface area contributed by atoms with Crippen molar-refractivity contribution in [1.29, 1.82) is 0 Å². The van der Waals surface area contributed by atoms with Gasteiger partial charge in [-0.2, -0.15) is 0 Å². The third-order valence-corrected chi connectivity index (χ3v) is 0.725. The summed E-state index contributed by atoms with van der Waals surface area (Å²) in [6, 6.07) is 0. The number of carboxylic acids is 1. The molecule has 0 saturated carbocycles. The van der Waals surface area contributed by atoms with Gasteiger partial charge in [-0.15, -0.1) is 12.4 Å². The Bertz CT molecular complexity index is 87.9. The fourth-order valence-corrected chi connectivity index (χ4v) is 0.281. The lowest BCUT2D eigenvalue weighted by molar-refractivity contribution is -0.146. The third kappa shape index (κ3) is 5.55. The second-order valence-corrected chi connectivity index (χ2v) is 1.43.